The number of ether oxygens (including phenoxy) is 1. The van der Waals surface area contributed by atoms with Crippen molar-refractivity contribution in [3.63, 3.8) is 0 Å². The molecule has 1 saturated heterocycles. The number of benzene rings is 1. The standard InChI is InChI=1S/C18H25Cl2N5O3/c1-3-28-18(27)25-10-8-24(9-11-25)17(21-2)23-7-6-22-16(26)13-4-5-14(19)15(20)12-13/h4-5,12H,3,6-11H2,1-2H3,(H,21,23)(H,22,26). The first-order valence-corrected chi connectivity index (χ1v) is 9.82. The summed E-state index contributed by atoms with van der Waals surface area (Å²) in [6, 6.07) is 4.75. The molecule has 1 heterocycles. The van der Waals surface area contributed by atoms with E-state index >= 15 is 0 Å². The number of nitrogens with zero attached hydrogens (tertiary/aromatic N) is 3. The van der Waals surface area contributed by atoms with Gasteiger partial charge in [0.25, 0.3) is 5.91 Å². The Morgan fingerprint density at radius 1 is 1.07 bits per heavy atom. The second kappa shape index (κ2) is 11.0. The van der Waals surface area contributed by atoms with Gasteiger partial charge >= 0.3 is 6.09 Å². The molecular formula is C18H25Cl2N5O3. The number of amides is 2. The van der Waals surface area contributed by atoms with Crippen LogP contribution in [0.3, 0.4) is 0 Å². The molecule has 0 bridgehead atoms. The smallest absolute Gasteiger partial charge is 0.409 e. The molecule has 8 nitrogen and oxygen atoms in total. The zero-order valence-corrected chi connectivity index (χ0v) is 17.5. The summed E-state index contributed by atoms with van der Waals surface area (Å²) in [7, 11) is 1.70. The molecule has 1 aliphatic rings. The van der Waals surface area contributed by atoms with Crippen molar-refractivity contribution >= 4 is 41.2 Å². The van der Waals surface area contributed by atoms with Gasteiger partial charge in [0.2, 0.25) is 0 Å². The number of rotatable bonds is 5. The summed E-state index contributed by atoms with van der Waals surface area (Å²) in [5.74, 6) is 0.505. The van der Waals surface area contributed by atoms with Crippen molar-refractivity contribution in [2.75, 3.05) is 52.9 Å². The molecule has 2 rings (SSSR count). The summed E-state index contributed by atoms with van der Waals surface area (Å²) in [5, 5.41) is 6.78. The first-order chi connectivity index (χ1) is 13.5. The molecule has 0 unspecified atom stereocenters. The van der Waals surface area contributed by atoms with E-state index in [1.807, 2.05) is 0 Å². The summed E-state index contributed by atoms with van der Waals surface area (Å²) in [4.78, 5) is 31.9. The molecule has 154 valence electrons. The van der Waals surface area contributed by atoms with Gasteiger partial charge in [0.1, 0.15) is 0 Å². The Balaban J connectivity index is 1.73. The van der Waals surface area contributed by atoms with E-state index < -0.39 is 0 Å². The predicted molar refractivity (Wildman–Crippen MR) is 110 cm³/mol. The fourth-order valence-corrected chi connectivity index (χ4v) is 3.04. The van der Waals surface area contributed by atoms with Crippen LogP contribution in [0.4, 0.5) is 4.79 Å². The third kappa shape index (κ3) is 6.17. The number of aliphatic imine (C=N–C) groups is 1. The second-order valence-corrected chi connectivity index (χ2v) is 6.85. The van der Waals surface area contributed by atoms with Crippen LogP contribution in [0.15, 0.2) is 23.2 Å². The second-order valence-electron chi connectivity index (χ2n) is 6.03. The number of halogens is 2. The molecule has 1 aliphatic heterocycles. The van der Waals surface area contributed by atoms with Crippen molar-refractivity contribution in [3.05, 3.63) is 33.8 Å². The maximum absolute atomic E-state index is 12.1. The highest BCUT2D eigenvalue weighted by Crippen LogP contribution is 2.22. The van der Waals surface area contributed by atoms with Crippen molar-refractivity contribution in [3.8, 4) is 0 Å². The molecule has 1 aromatic rings. The lowest BCUT2D eigenvalue weighted by molar-refractivity contribution is 0.0914. The predicted octanol–water partition coefficient (Wildman–Crippen LogP) is 2.07. The van der Waals surface area contributed by atoms with E-state index in [0.717, 1.165) is 5.96 Å². The van der Waals surface area contributed by atoms with Crippen LogP contribution in [0.25, 0.3) is 0 Å². The highest BCUT2D eigenvalue weighted by molar-refractivity contribution is 6.42. The minimum Gasteiger partial charge on any atom is -0.450 e. The average molecular weight is 430 g/mol. The quantitative estimate of drug-likeness (QED) is 0.425. The summed E-state index contributed by atoms with van der Waals surface area (Å²) in [5.41, 5.74) is 0.453. The van der Waals surface area contributed by atoms with E-state index in [-0.39, 0.29) is 12.0 Å². The van der Waals surface area contributed by atoms with Gasteiger partial charge in [-0.2, -0.15) is 0 Å². The molecule has 1 fully saturated rings. The first-order valence-electron chi connectivity index (χ1n) is 9.06. The van der Waals surface area contributed by atoms with Crippen LogP contribution < -0.4 is 10.6 Å². The molecule has 0 saturated carbocycles. The van der Waals surface area contributed by atoms with Gasteiger partial charge in [0.05, 0.1) is 16.7 Å². The van der Waals surface area contributed by atoms with Gasteiger partial charge in [0.15, 0.2) is 5.96 Å². The van der Waals surface area contributed by atoms with E-state index in [2.05, 4.69) is 20.5 Å². The van der Waals surface area contributed by atoms with Gasteiger partial charge in [0, 0.05) is 51.9 Å². The normalized spacial score (nSPS) is 14.6. The summed E-state index contributed by atoms with van der Waals surface area (Å²) < 4.78 is 5.02. The maximum atomic E-state index is 12.1. The third-order valence-electron chi connectivity index (χ3n) is 4.19. The number of hydrogen-bond donors (Lipinski definition) is 2. The minimum absolute atomic E-state index is 0.224. The summed E-state index contributed by atoms with van der Waals surface area (Å²) >= 11 is 11.8. The molecule has 1 aromatic carbocycles. The zero-order chi connectivity index (χ0) is 20.5. The Labute approximate surface area is 174 Å². The molecule has 0 atom stereocenters. The lowest BCUT2D eigenvalue weighted by Gasteiger charge is -2.35. The maximum Gasteiger partial charge on any atom is 0.409 e. The Kier molecular flexibility index (Phi) is 8.66. The molecule has 0 aliphatic carbocycles. The van der Waals surface area contributed by atoms with Gasteiger partial charge in [-0.25, -0.2) is 4.79 Å². The van der Waals surface area contributed by atoms with E-state index in [1.54, 1.807) is 31.0 Å². The first kappa shape index (κ1) is 22.1. The van der Waals surface area contributed by atoms with E-state index in [1.165, 1.54) is 6.07 Å². The van der Waals surface area contributed by atoms with E-state index in [9.17, 15) is 9.59 Å². The molecule has 0 spiro atoms. The Morgan fingerprint density at radius 3 is 2.32 bits per heavy atom. The van der Waals surface area contributed by atoms with E-state index in [0.29, 0.717) is 61.5 Å². The summed E-state index contributed by atoms with van der Waals surface area (Å²) in [6.45, 7) is 5.57. The average Bonchev–Trinajstić information content (AvgIpc) is 2.70. The van der Waals surface area contributed by atoms with Crippen LogP contribution in [0.2, 0.25) is 10.0 Å². The number of carbonyl (C=O) groups excluding carboxylic acids is 2. The van der Waals surface area contributed by atoms with Crippen molar-refractivity contribution in [2.45, 2.75) is 6.92 Å². The van der Waals surface area contributed by atoms with Gasteiger partial charge in [-0.1, -0.05) is 23.2 Å². The number of hydrogen-bond acceptors (Lipinski definition) is 4. The van der Waals surface area contributed by atoms with Gasteiger partial charge in [-0.3, -0.25) is 9.79 Å². The molecule has 10 heteroatoms. The largest absolute Gasteiger partial charge is 0.450 e. The van der Waals surface area contributed by atoms with Crippen molar-refractivity contribution < 1.29 is 14.3 Å². The van der Waals surface area contributed by atoms with Crippen molar-refractivity contribution in [1.29, 1.82) is 0 Å². The zero-order valence-electron chi connectivity index (χ0n) is 16.0. The Hall–Kier alpha value is -2.19. The Morgan fingerprint density at radius 2 is 1.71 bits per heavy atom. The molecule has 2 N–H and O–H groups in total. The number of carbonyl (C=O) groups is 2. The highest BCUT2D eigenvalue weighted by Gasteiger charge is 2.23. The molecule has 0 radical (unpaired) electrons. The van der Waals surface area contributed by atoms with Gasteiger partial charge < -0.3 is 25.2 Å². The highest BCUT2D eigenvalue weighted by atomic mass is 35.5. The van der Waals surface area contributed by atoms with Gasteiger partial charge in [-0.15, -0.1) is 0 Å². The van der Waals surface area contributed by atoms with Crippen LogP contribution in [0, 0.1) is 0 Å². The van der Waals surface area contributed by atoms with Crippen molar-refractivity contribution in [2.24, 2.45) is 4.99 Å². The van der Waals surface area contributed by atoms with Crippen LogP contribution in [0.1, 0.15) is 17.3 Å². The number of guanidine groups is 1. The van der Waals surface area contributed by atoms with E-state index in [4.69, 9.17) is 27.9 Å². The lowest BCUT2D eigenvalue weighted by atomic mass is 10.2. The molecule has 28 heavy (non-hydrogen) atoms. The topological polar surface area (TPSA) is 86.3 Å². The van der Waals surface area contributed by atoms with Crippen LogP contribution in [-0.2, 0) is 4.74 Å². The lowest BCUT2D eigenvalue weighted by Crippen LogP contribution is -2.54. The number of nitrogens with one attached hydrogen (secondary N) is 2. The third-order valence-corrected chi connectivity index (χ3v) is 4.93. The molecule has 2 amide bonds. The van der Waals surface area contributed by atoms with Crippen LogP contribution in [0.5, 0.6) is 0 Å². The van der Waals surface area contributed by atoms with Crippen LogP contribution in [-0.4, -0.2) is 80.7 Å². The SMILES string of the molecule is CCOC(=O)N1CCN(C(=NC)NCCNC(=O)c2ccc(Cl)c(Cl)c2)CC1. The molecular weight excluding hydrogens is 405 g/mol. The Bertz CT molecular complexity index is 721. The summed E-state index contributed by atoms with van der Waals surface area (Å²) in [6.07, 6.45) is -0.282. The fraction of sp³-hybridized carbons (Fsp3) is 0.500. The van der Waals surface area contributed by atoms with Crippen molar-refractivity contribution in [1.82, 2.24) is 20.4 Å². The monoisotopic (exact) mass is 429 g/mol. The fourth-order valence-electron chi connectivity index (χ4n) is 2.74. The van der Waals surface area contributed by atoms with Gasteiger partial charge in [-0.05, 0) is 25.1 Å². The molecule has 0 aromatic heterocycles. The minimum atomic E-state index is -0.282. The van der Waals surface area contributed by atoms with Crippen LogP contribution >= 0.6 is 23.2 Å². The number of piperazine rings is 1.